The monoisotopic (exact) mass is 369 g/mol. The summed E-state index contributed by atoms with van der Waals surface area (Å²) in [6.45, 7) is 3.39. The summed E-state index contributed by atoms with van der Waals surface area (Å²) in [7, 11) is 0. The first kappa shape index (κ1) is 17.0. The number of fused-ring (bicyclic) bond motifs is 1. The highest BCUT2D eigenvalue weighted by molar-refractivity contribution is 7.16. The number of aromatic nitrogens is 1. The van der Waals surface area contributed by atoms with Gasteiger partial charge in [-0.25, -0.2) is 9.37 Å². The number of hydrogen-bond acceptors (Lipinski definition) is 4. The number of nitrogens with one attached hydrogen (secondary N) is 1. The lowest BCUT2D eigenvalue weighted by atomic mass is 9.85. The van der Waals surface area contributed by atoms with Crippen molar-refractivity contribution in [1.82, 2.24) is 4.98 Å². The Morgan fingerprint density at radius 1 is 1.27 bits per heavy atom. The predicted octanol–water partition coefficient (Wildman–Crippen LogP) is 4.54. The number of thiazole rings is 1. The lowest BCUT2D eigenvalue weighted by molar-refractivity contribution is -0.121. The Labute approximate surface area is 155 Å². The Morgan fingerprint density at radius 2 is 2.12 bits per heavy atom. The van der Waals surface area contributed by atoms with Crippen LogP contribution in [0.15, 0.2) is 48.0 Å². The van der Waals surface area contributed by atoms with Crippen LogP contribution in [0.2, 0.25) is 0 Å². The van der Waals surface area contributed by atoms with Crippen molar-refractivity contribution in [2.45, 2.75) is 13.3 Å². The van der Waals surface area contributed by atoms with Crippen molar-refractivity contribution in [3.05, 3.63) is 53.8 Å². The summed E-state index contributed by atoms with van der Waals surface area (Å²) in [6.07, 6.45) is 0.703. The van der Waals surface area contributed by atoms with Crippen molar-refractivity contribution >= 4 is 38.8 Å². The molecule has 2 heterocycles. The fourth-order valence-corrected chi connectivity index (χ4v) is 4.38. The maximum Gasteiger partial charge on any atom is 0.227 e. The van der Waals surface area contributed by atoms with Crippen LogP contribution in [0.25, 0.3) is 10.2 Å². The highest BCUT2D eigenvalue weighted by Crippen LogP contribution is 2.31. The standard InChI is InChI=1S/C20H20FN3OS/c1-13-11-24(17-7-3-2-5-15(17)21)10-9-14(13)20(25)23-16-6-4-8-18-19(16)22-12-26-18/h2-8,12-14H,9-11H2,1H3,(H,23,25). The summed E-state index contributed by atoms with van der Waals surface area (Å²) in [5.41, 5.74) is 4.00. The molecule has 0 bridgehead atoms. The van der Waals surface area contributed by atoms with E-state index in [2.05, 4.69) is 17.2 Å². The molecule has 1 aromatic heterocycles. The highest BCUT2D eigenvalue weighted by Gasteiger charge is 2.32. The predicted molar refractivity (Wildman–Crippen MR) is 104 cm³/mol. The van der Waals surface area contributed by atoms with Crippen LogP contribution in [-0.4, -0.2) is 24.0 Å². The quantitative estimate of drug-likeness (QED) is 0.737. The van der Waals surface area contributed by atoms with Gasteiger partial charge in [-0.2, -0.15) is 0 Å². The zero-order chi connectivity index (χ0) is 18.1. The third kappa shape index (κ3) is 3.17. The maximum atomic E-state index is 14.0. The summed E-state index contributed by atoms with van der Waals surface area (Å²) < 4.78 is 15.1. The lowest BCUT2D eigenvalue weighted by Crippen LogP contribution is -2.44. The summed E-state index contributed by atoms with van der Waals surface area (Å²) in [5, 5.41) is 3.05. The zero-order valence-corrected chi connectivity index (χ0v) is 15.3. The SMILES string of the molecule is CC1CN(c2ccccc2F)CCC1C(=O)Nc1cccc2scnc12. The molecule has 1 saturated heterocycles. The van der Waals surface area contributed by atoms with Gasteiger partial charge in [-0.15, -0.1) is 11.3 Å². The van der Waals surface area contributed by atoms with Crippen LogP contribution in [-0.2, 0) is 4.79 Å². The molecule has 4 nitrogen and oxygen atoms in total. The summed E-state index contributed by atoms with van der Waals surface area (Å²) in [4.78, 5) is 19.2. The molecule has 134 valence electrons. The van der Waals surface area contributed by atoms with Gasteiger partial charge in [0.15, 0.2) is 0 Å². The number of piperidine rings is 1. The fraction of sp³-hybridized carbons (Fsp3) is 0.300. The lowest BCUT2D eigenvalue weighted by Gasteiger charge is -2.37. The molecule has 2 aromatic carbocycles. The molecule has 2 unspecified atom stereocenters. The van der Waals surface area contributed by atoms with Gasteiger partial charge in [0.25, 0.3) is 0 Å². The van der Waals surface area contributed by atoms with Gasteiger partial charge in [-0.3, -0.25) is 4.79 Å². The number of benzene rings is 2. The van der Waals surface area contributed by atoms with Crippen LogP contribution in [0.5, 0.6) is 0 Å². The Bertz CT molecular complexity index is 941. The molecule has 4 rings (SSSR count). The molecule has 0 spiro atoms. The van der Waals surface area contributed by atoms with E-state index >= 15 is 0 Å². The van der Waals surface area contributed by atoms with Crippen molar-refractivity contribution < 1.29 is 9.18 Å². The molecule has 0 saturated carbocycles. The van der Waals surface area contributed by atoms with Crippen LogP contribution in [0, 0.1) is 17.7 Å². The van der Waals surface area contributed by atoms with E-state index < -0.39 is 0 Å². The molecule has 0 radical (unpaired) electrons. The molecule has 1 amide bonds. The summed E-state index contributed by atoms with van der Waals surface area (Å²) >= 11 is 1.56. The van der Waals surface area contributed by atoms with Gasteiger partial charge in [0.2, 0.25) is 5.91 Å². The summed E-state index contributed by atoms with van der Waals surface area (Å²) in [5.74, 6) is -0.145. The third-order valence-electron chi connectivity index (χ3n) is 5.05. The first-order chi connectivity index (χ1) is 12.6. The second kappa shape index (κ2) is 7.03. The van der Waals surface area contributed by atoms with E-state index in [0.717, 1.165) is 15.9 Å². The van der Waals surface area contributed by atoms with Crippen molar-refractivity contribution in [3.63, 3.8) is 0 Å². The van der Waals surface area contributed by atoms with Crippen molar-refractivity contribution in [1.29, 1.82) is 0 Å². The van der Waals surface area contributed by atoms with Gasteiger partial charge in [0, 0.05) is 19.0 Å². The van der Waals surface area contributed by atoms with E-state index in [0.29, 0.717) is 25.2 Å². The van der Waals surface area contributed by atoms with E-state index in [1.54, 1.807) is 29.0 Å². The van der Waals surface area contributed by atoms with Gasteiger partial charge in [0.05, 0.1) is 21.6 Å². The maximum absolute atomic E-state index is 14.0. The van der Waals surface area contributed by atoms with Crippen LogP contribution in [0.1, 0.15) is 13.3 Å². The Balaban J connectivity index is 1.47. The molecule has 1 N–H and O–H groups in total. The number of para-hydroxylation sites is 2. The second-order valence-corrected chi connectivity index (χ2v) is 7.65. The third-order valence-corrected chi connectivity index (χ3v) is 5.85. The van der Waals surface area contributed by atoms with Gasteiger partial charge in [-0.05, 0) is 36.6 Å². The van der Waals surface area contributed by atoms with E-state index in [4.69, 9.17) is 0 Å². The normalized spacial score (nSPS) is 20.3. The molecule has 6 heteroatoms. The molecular formula is C20H20FN3OS. The highest BCUT2D eigenvalue weighted by atomic mass is 32.1. The Hall–Kier alpha value is -2.47. The average Bonchev–Trinajstić information content (AvgIpc) is 3.12. The van der Waals surface area contributed by atoms with Crippen LogP contribution in [0.4, 0.5) is 15.8 Å². The van der Waals surface area contributed by atoms with Crippen LogP contribution in [0.3, 0.4) is 0 Å². The molecule has 26 heavy (non-hydrogen) atoms. The summed E-state index contributed by atoms with van der Waals surface area (Å²) in [6, 6.07) is 12.6. The minimum absolute atomic E-state index is 0.0196. The van der Waals surface area contributed by atoms with Crippen LogP contribution >= 0.6 is 11.3 Å². The number of anilines is 2. The molecule has 3 aromatic rings. The number of hydrogen-bond donors (Lipinski definition) is 1. The largest absolute Gasteiger partial charge is 0.369 e. The number of nitrogens with zero attached hydrogens (tertiary/aromatic N) is 2. The number of amides is 1. The van der Waals surface area contributed by atoms with Crippen LogP contribution < -0.4 is 10.2 Å². The van der Waals surface area contributed by atoms with Gasteiger partial charge in [-0.1, -0.05) is 25.1 Å². The first-order valence-corrected chi connectivity index (χ1v) is 9.64. The Morgan fingerprint density at radius 3 is 2.92 bits per heavy atom. The van der Waals surface area contributed by atoms with E-state index in [1.807, 2.05) is 29.2 Å². The second-order valence-electron chi connectivity index (χ2n) is 6.76. The van der Waals surface area contributed by atoms with Gasteiger partial charge >= 0.3 is 0 Å². The first-order valence-electron chi connectivity index (χ1n) is 8.76. The minimum atomic E-state index is -0.210. The molecule has 1 aliphatic heterocycles. The van der Waals surface area contributed by atoms with Crippen molar-refractivity contribution in [3.8, 4) is 0 Å². The molecule has 0 aliphatic carbocycles. The smallest absolute Gasteiger partial charge is 0.227 e. The van der Waals surface area contributed by atoms with E-state index in [9.17, 15) is 9.18 Å². The molecule has 2 atom stereocenters. The molecular weight excluding hydrogens is 349 g/mol. The molecule has 1 fully saturated rings. The van der Waals surface area contributed by atoms with E-state index in [1.165, 1.54) is 6.07 Å². The number of halogens is 1. The topological polar surface area (TPSA) is 45.2 Å². The molecule has 1 aliphatic rings. The fourth-order valence-electron chi connectivity index (χ4n) is 3.67. The zero-order valence-electron chi connectivity index (χ0n) is 14.5. The minimum Gasteiger partial charge on any atom is -0.369 e. The van der Waals surface area contributed by atoms with Crippen molar-refractivity contribution in [2.75, 3.05) is 23.3 Å². The number of rotatable bonds is 3. The number of carbonyl (C=O) groups is 1. The van der Waals surface area contributed by atoms with Gasteiger partial charge in [0.1, 0.15) is 11.3 Å². The van der Waals surface area contributed by atoms with E-state index in [-0.39, 0.29) is 23.6 Å². The van der Waals surface area contributed by atoms with Gasteiger partial charge < -0.3 is 10.2 Å². The van der Waals surface area contributed by atoms with Crippen molar-refractivity contribution in [2.24, 2.45) is 11.8 Å². The number of carbonyl (C=O) groups excluding carboxylic acids is 1. The average molecular weight is 369 g/mol. The Kier molecular flexibility index (Phi) is 4.59.